The molecule has 5 heteroatoms. The van der Waals surface area contributed by atoms with Crippen molar-refractivity contribution in [3.05, 3.63) is 29.8 Å². The highest BCUT2D eigenvalue weighted by Gasteiger charge is 2.11. The van der Waals surface area contributed by atoms with Crippen molar-refractivity contribution in [2.75, 3.05) is 18.9 Å². The summed E-state index contributed by atoms with van der Waals surface area (Å²) in [7, 11) is 0. The maximum atomic E-state index is 11.7. The van der Waals surface area contributed by atoms with E-state index in [1.807, 2.05) is 24.3 Å². The Bertz CT molecular complexity index is 382. The zero-order valence-corrected chi connectivity index (χ0v) is 13.0. The number of ether oxygens (including phenoxy) is 1. The number of hydrogen-bond donors (Lipinski definition) is 2. The van der Waals surface area contributed by atoms with Gasteiger partial charge in [0.1, 0.15) is 6.10 Å². The lowest BCUT2D eigenvalue weighted by molar-refractivity contribution is -0.131. The van der Waals surface area contributed by atoms with Crippen LogP contribution in [0.2, 0.25) is 0 Å². The second kappa shape index (κ2) is 10.5. The van der Waals surface area contributed by atoms with Crippen LogP contribution in [0, 0.1) is 0 Å². The predicted molar refractivity (Wildman–Crippen MR) is 85.1 cm³/mol. The summed E-state index contributed by atoms with van der Waals surface area (Å²) in [6.07, 6.45) is 2.49. The molecule has 0 aliphatic rings. The van der Waals surface area contributed by atoms with Crippen molar-refractivity contribution >= 4 is 24.0 Å². The second-order valence-electron chi connectivity index (χ2n) is 4.65. The van der Waals surface area contributed by atoms with Crippen molar-refractivity contribution in [1.82, 2.24) is 5.32 Å². The van der Waals surface area contributed by atoms with Gasteiger partial charge in [-0.25, -0.2) is 0 Å². The normalized spacial score (nSPS) is 11.5. The highest BCUT2D eigenvalue weighted by Crippen LogP contribution is 2.05. The van der Waals surface area contributed by atoms with E-state index < -0.39 is 0 Å². The number of anilines is 1. The molecule has 1 aromatic carbocycles. The Labute approximate surface area is 127 Å². The Kier molecular flexibility index (Phi) is 9.86. The van der Waals surface area contributed by atoms with Crippen molar-refractivity contribution < 1.29 is 9.53 Å². The van der Waals surface area contributed by atoms with E-state index in [0.717, 1.165) is 30.5 Å². The lowest BCUT2D eigenvalue weighted by atomic mass is 10.1. The highest BCUT2D eigenvalue weighted by atomic mass is 35.5. The SMILES string of the molecule is CCCCOC(C)C(=O)NCCc1ccc(N)cc1.Cl. The number of carbonyl (C=O) groups excluding carboxylic acids is 1. The molecule has 0 aromatic heterocycles. The van der Waals surface area contributed by atoms with Gasteiger partial charge in [0.05, 0.1) is 0 Å². The van der Waals surface area contributed by atoms with Gasteiger partial charge < -0.3 is 15.8 Å². The van der Waals surface area contributed by atoms with Crippen LogP contribution in [-0.4, -0.2) is 25.2 Å². The molecule has 0 fully saturated rings. The number of rotatable bonds is 8. The van der Waals surface area contributed by atoms with Crippen LogP contribution in [-0.2, 0) is 16.0 Å². The van der Waals surface area contributed by atoms with Gasteiger partial charge in [-0.1, -0.05) is 25.5 Å². The molecule has 0 saturated carbocycles. The molecule has 1 rings (SSSR count). The largest absolute Gasteiger partial charge is 0.399 e. The molecule has 0 heterocycles. The predicted octanol–water partition coefficient (Wildman–Crippen LogP) is 2.55. The zero-order chi connectivity index (χ0) is 14.1. The van der Waals surface area contributed by atoms with Crippen LogP contribution in [0.3, 0.4) is 0 Å². The summed E-state index contributed by atoms with van der Waals surface area (Å²) in [4.78, 5) is 11.7. The molecule has 0 spiro atoms. The van der Waals surface area contributed by atoms with Crippen LogP contribution in [0.25, 0.3) is 0 Å². The fourth-order valence-electron chi connectivity index (χ4n) is 1.64. The third-order valence-corrected chi connectivity index (χ3v) is 2.93. The topological polar surface area (TPSA) is 64.3 Å². The van der Waals surface area contributed by atoms with Gasteiger partial charge >= 0.3 is 0 Å². The first-order chi connectivity index (χ1) is 9.13. The molecular weight excluding hydrogens is 276 g/mol. The molecule has 1 amide bonds. The van der Waals surface area contributed by atoms with Crippen molar-refractivity contribution in [3.8, 4) is 0 Å². The van der Waals surface area contributed by atoms with E-state index >= 15 is 0 Å². The van der Waals surface area contributed by atoms with E-state index in [-0.39, 0.29) is 24.4 Å². The summed E-state index contributed by atoms with van der Waals surface area (Å²) < 4.78 is 5.43. The van der Waals surface area contributed by atoms with Gasteiger partial charge in [-0.15, -0.1) is 12.4 Å². The minimum absolute atomic E-state index is 0. The molecule has 20 heavy (non-hydrogen) atoms. The van der Waals surface area contributed by atoms with Crippen LogP contribution in [0.5, 0.6) is 0 Å². The molecule has 0 saturated heterocycles. The molecule has 4 nitrogen and oxygen atoms in total. The minimum Gasteiger partial charge on any atom is -0.399 e. The number of halogens is 1. The molecule has 0 aliphatic carbocycles. The quantitative estimate of drug-likeness (QED) is 0.573. The Morgan fingerprint density at radius 2 is 2.00 bits per heavy atom. The van der Waals surface area contributed by atoms with Gasteiger partial charge in [-0.05, 0) is 37.5 Å². The van der Waals surface area contributed by atoms with Crippen molar-refractivity contribution in [2.24, 2.45) is 0 Å². The Morgan fingerprint density at radius 3 is 2.60 bits per heavy atom. The standard InChI is InChI=1S/C15H24N2O2.ClH/c1-3-4-11-19-12(2)15(18)17-10-9-13-5-7-14(16)8-6-13;/h5-8,12H,3-4,9-11,16H2,1-2H3,(H,17,18);1H. The number of nitrogen functional groups attached to an aromatic ring is 1. The third kappa shape index (κ3) is 7.36. The number of unbranched alkanes of at least 4 members (excludes halogenated alkanes) is 1. The molecule has 0 bridgehead atoms. The highest BCUT2D eigenvalue weighted by molar-refractivity contribution is 5.85. The summed E-state index contributed by atoms with van der Waals surface area (Å²) in [5.74, 6) is -0.0495. The van der Waals surface area contributed by atoms with Crippen LogP contribution in [0.4, 0.5) is 5.69 Å². The van der Waals surface area contributed by atoms with Gasteiger partial charge in [0, 0.05) is 18.8 Å². The fraction of sp³-hybridized carbons (Fsp3) is 0.533. The molecule has 114 valence electrons. The Hall–Kier alpha value is -1.26. The fourth-order valence-corrected chi connectivity index (χ4v) is 1.64. The molecule has 1 atom stereocenters. The summed E-state index contributed by atoms with van der Waals surface area (Å²) in [6.45, 7) is 5.14. The number of amides is 1. The summed E-state index contributed by atoms with van der Waals surface area (Å²) in [5.41, 5.74) is 7.53. The van der Waals surface area contributed by atoms with Crippen molar-refractivity contribution in [1.29, 1.82) is 0 Å². The number of benzene rings is 1. The first-order valence-electron chi connectivity index (χ1n) is 6.87. The second-order valence-corrected chi connectivity index (χ2v) is 4.65. The molecule has 3 N–H and O–H groups in total. The number of nitrogens with one attached hydrogen (secondary N) is 1. The molecule has 1 unspecified atom stereocenters. The first-order valence-corrected chi connectivity index (χ1v) is 6.87. The van der Waals surface area contributed by atoms with Crippen molar-refractivity contribution in [3.63, 3.8) is 0 Å². The molecular formula is C15H25ClN2O2. The van der Waals surface area contributed by atoms with Gasteiger partial charge in [0.15, 0.2) is 0 Å². The van der Waals surface area contributed by atoms with Gasteiger partial charge in [0.25, 0.3) is 0 Å². The lowest BCUT2D eigenvalue weighted by Crippen LogP contribution is -2.35. The Balaban J connectivity index is 0.00000361. The van der Waals surface area contributed by atoms with Crippen LogP contribution >= 0.6 is 12.4 Å². The third-order valence-electron chi connectivity index (χ3n) is 2.93. The number of hydrogen-bond acceptors (Lipinski definition) is 3. The monoisotopic (exact) mass is 300 g/mol. The maximum absolute atomic E-state index is 11.7. The van der Waals surface area contributed by atoms with E-state index in [1.165, 1.54) is 0 Å². The van der Waals surface area contributed by atoms with Gasteiger partial charge in [-0.2, -0.15) is 0 Å². The first kappa shape index (κ1) is 18.7. The van der Waals surface area contributed by atoms with Crippen LogP contribution < -0.4 is 11.1 Å². The summed E-state index contributed by atoms with van der Waals surface area (Å²) in [6, 6.07) is 7.69. The molecule has 1 aromatic rings. The number of carbonyl (C=O) groups is 1. The maximum Gasteiger partial charge on any atom is 0.248 e. The van der Waals surface area contributed by atoms with E-state index in [2.05, 4.69) is 12.2 Å². The van der Waals surface area contributed by atoms with Gasteiger partial charge in [0.2, 0.25) is 5.91 Å². The number of nitrogens with two attached hydrogens (primary N) is 1. The minimum atomic E-state index is -0.377. The van der Waals surface area contributed by atoms with Crippen molar-refractivity contribution in [2.45, 2.75) is 39.2 Å². The molecule has 0 aliphatic heterocycles. The van der Waals surface area contributed by atoms with E-state index in [9.17, 15) is 4.79 Å². The van der Waals surface area contributed by atoms with Gasteiger partial charge in [-0.3, -0.25) is 4.79 Å². The smallest absolute Gasteiger partial charge is 0.248 e. The molecule has 0 radical (unpaired) electrons. The van der Waals surface area contributed by atoms with Crippen LogP contribution in [0.15, 0.2) is 24.3 Å². The zero-order valence-electron chi connectivity index (χ0n) is 12.2. The lowest BCUT2D eigenvalue weighted by Gasteiger charge is -2.13. The summed E-state index contributed by atoms with van der Waals surface area (Å²) >= 11 is 0. The van der Waals surface area contributed by atoms with E-state index in [4.69, 9.17) is 10.5 Å². The Morgan fingerprint density at radius 1 is 1.35 bits per heavy atom. The summed E-state index contributed by atoms with van der Waals surface area (Å²) in [5, 5.41) is 2.88. The average Bonchev–Trinajstić information content (AvgIpc) is 2.41. The van der Waals surface area contributed by atoms with E-state index in [1.54, 1.807) is 6.92 Å². The van der Waals surface area contributed by atoms with Crippen LogP contribution in [0.1, 0.15) is 32.3 Å². The average molecular weight is 301 g/mol. The van der Waals surface area contributed by atoms with E-state index in [0.29, 0.717) is 13.2 Å².